The summed E-state index contributed by atoms with van der Waals surface area (Å²) in [6.45, 7) is 7.83. The Morgan fingerprint density at radius 3 is 2.62 bits per heavy atom. The minimum absolute atomic E-state index is 0.427. The summed E-state index contributed by atoms with van der Waals surface area (Å²) in [5.41, 5.74) is 0.686. The van der Waals surface area contributed by atoms with Crippen LogP contribution in [0.15, 0.2) is 6.20 Å². The van der Waals surface area contributed by atoms with E-state index in [0.29, 0.717) is 11.5 Å². The van der Waals surface area contributed by atoms with Gasteiger partial charge in [0.25, 0.3) is 0 Å². The number of hydrogen-bond acceptors (Lipinski definition) is 4. The van der Waals surface area contributed by atoms with Crippen LogP contribution in [-0.2, 0) is 0 Å². The van der Waals surface area contributed by atoms with Gasteiger partial charge in [0.1, 0.15) is 0 Å². The molecule has 1 aliphatic carbocycles. The summed E-state index contributed by atoms with van der Waals surface area (Å²) in [4.78, 5) is 8.57. The molecule has 1 unspecified atom stereocenters. The Balaban J connectivity index is 1.59. The maximum Gasteiger partial charge on any atom is 0.185 e. The summed E-state index contributed by atoms with van der Waals surface area (Å²) in [6, 6.07) is 0.427. The Kier molecular flexibility index (Phi) is 4.85. The van der Waals surface area contributed by atoms with Crippen LogP contribution in [0.3, 0.4) is 0 Å². The topological polar surface area (TPSA) is 28.2 Å². The molecule has 118 valence electrons. The molecule has 1 saturated carbocycles. The van der Waals surface area contributed by atoms with E-state index >= 15 is 0 Å². The molecule has 1 aliphatic heterocycles. The standard InChI is InChI=1S/C17H29N3S/c1-3-18-14(2)15-13-19-16(21-15)20-11-9-17(10-12-20)7-5-4-6-8-17/h13-14,18H,3-12H2,1-2H3. The van der Waals surface area contributed by atoms with Crippen LogP contribution in [0, 0.1) is 5.41 Å². The zero-order chi connectivity index (χ0) is 14.7. The predicted octanol–water partition coefficient (Wildman–Crippen LogP) is 4.36. The van der Waals surface area contributed by atoms with Gasteiger partial charge in [-0.05, 0) is 44.6 Å². The average molecular weight is 308 g/mol. The molecule has 0 amide bonds. The van der Waals surface area contributed by atoms with E-state index in [4.69, 9.17) is 0 Å². The van der Waals surface area contributed by atoms with Gasteiger partial charge in [0.05, 0.1) is 0 Å². The van der Waals surface area contributed by atoms with Crippen molar-refractivity contribution in [2.45, 2.75) is 64.8 Å². The molecule has 0 aromatic carbocycles. The van der Waals surface area contributed by atoms with E-state index < -0.39 is 0 Å². The molecule has 2 aliphatic rings. The molecule has 21 heavy (non-hydrogen) atoms. The third kappa shape index (κ3) is 3.42. The predicted molar refractivity (Wildman–Crippen MR) is 91.2 cm³/mol. The number of nitrogens with one attached hydrogen (secondary N) is 1. The number of thiazole rings is 1. The van der Waals surface area contributed by atoms with Crippen LogP contribution < -0.4 is 10.2 Å². The highest BCUT2D eigenvalue weighted by Gasteiger charge is 2.36. The van der Waals surface area contributed by atoms with Crippen molar-refractivity contribution in [3.8, 4) is 0 Å². The van der Waals surface area contributed by atoms with Crippen LogP contribution in [0.25, 0.3) is 0 Å². The average Bonchev–Trinajstić information content (AvgIpc) is 2.99. The lowest BCUT2D eigenvalue weighted by Gasteiger charge is -2.44. The summed E-state index contributed by atoms with van der Waals surface area (Å²) in [5, 5.41) is 4.71. The fourth-order valence-corrected chi connectivity index (χ4v) is 5.00. The van der Waals surface area contributed by atoms with Crippen molar-refractivity contribution in [1.29, 1.82) is 0 Å². The molecule has 1 aromatic heterocycles. The van der Waals surface area contributed by atoms with Gasteiger partial charge in [-0.1, -0.05) is 26.2 Å². The molecule has 3 rings (SSSR count). The molecule has 3 nitrogen and oxygen atoms in total. The molecule has 1 aromatic rings. The van der Waals surface area contributed by atoms with Crippen LogP contribution in [0.1, 0.15) is 69.7 Å². The van der Waals surface area contributed by atoms with Gasteiger partial charge in [-0.15, -0.1) is 11.3 Å². The van der Waals surface area contributed by atoms with Gasteiger partial charge in [0.2, 0.25) is 0 Å². The maximum absolute atomic E-state index is 4.68. The monoisotopic (exact) mass is 307 g/mol. The zero-order valence-corrected chi connectivity index (χ0v) is 14.3. The van der Waals surface area contributed by atoms with E-state index in [1.165, 1.54) is 68.0 Å². The minimum Gasteiger partial charge on any atom is -0.348 e. The Bertz CT molecular complexity index is 441. The number of aromatic nitrogens is 1. The zero-order valence-electron chi connectivity index (χ0n) is 13.5. The van der Waals surface area contributed by atoms with Crippen LogP contribution in [-0.4, -0.2) is 24.6 Å². The first-order valence-electron chi connectivity index (χ1n) is 8.66. The van der Waals surface area contributed by atoms with Crippen molar-refractivity contribution in [2.24, 2.45) is 5.41 Å². The SMILES string of the molecule is CCNC(C)c1cnc(N2CCC3(CCCCC3)CC2)s1. The summed E-state index contributed by atoms with van der Waals surface area (Å²) in [6.07, 6.45) is 12.2. The molecular weight excluding hydrogens is 278 g/mol. The van der Waals surface area contributed by atoms with Crippen molar-refractivity contribution in [1.82, 2.24) is 10.3 Å². The van der Waals surface area contributed by atoms with Gasteiger partial charge in [0.15, 0.2) is 5.13 Å². The molecule has 2 fully saturated rings. The highest BCUT2D eigenvalue weighted by Crippen LogP contribution is 2.45. The van der Waals surface area contributed by atoms with E-state index in [-0.39, 0.29) is 0 Å². The van der Waals surface area contributed by atoms with Crippen molar-refractivity contribution in [2.75, 3.05) is 24.5 Å². The van der Waals surface area contributed by atoms with Crippen molar-refractivity contribution in [3.05, 3.63) is 11.1 Å². The minimum atomic E-state index is 0.427. The normalized spacial score (nSPS) is 23.4. The fraction of sp³-hybridized carbons (Fsp3) is 0.824. The molecule has 0 bridgehead atoms. The number of piperidine rings is 1. The highest BCUT2D eigenvalue weighted by molar-refractivity contribution is 7.15. The summed E-state index contributed by atoms with van der Waals surface area (Å²) < 4.78 is 0. The van der Waals surface area contributed by atoms with Gasteiger partial charge >= 0.3 is 0 Å². The molecule has 0 radical (unpaired) electrons. The van der Waals surface area contributed by atoms with Gasteiger partial charge in [-0.2, -0.15) is 0 Å². The van der Waals surface area contributed by atoms with Crippen molar-refractivity contribution in [3.63, 3.8) is 0 Å². The smallest absolute Gasteiger partial charge is 0.185 e. The number of nitrogens with zero attached hydrogens (tertiary/aromatic N) is 2. The highest BCUT2D eigenvalue weighted by atomic mass is 32.1. The van der Waals surface area contributed by atoms with Crippen LogP contribution in [0.2, 0.25) is 0 Å². The Hall–Kier alpha value is -0.610. The first-order chi connectivity index (χ1) is 10.2. The van der Waals surface area contributed by atoms with Crippen molar-refractivity contribution >= 4 is 16.5 Å². The second-order valence-corrected chi connectivity index (χ2v) is 7.91. The summed E-state index contributed by atoms with van der Waals surface area (Å²) >= 11 is 1.87. The molecule has 1 saturated heterocycles. The van der Waals surface area contributed by atoms with E-state index in [1.807, 2.05) is 11.3 Å². The molecular formula is C17H29N3S. The number of anilines is 1. The summed E-state index contributed by atoms with van der Waals surface area (Å²) in [5.74, 6) is 0. The van der Waals surface area contributed by atoms with Gasteiger partial charge < -0.3 is 10.2 Å². The lowest BCUT2D eigenvalue weighted by molar-refractivity contribution is 0.144. The second-order valence-electron chi connectivity index (χ2n) is 6.87. The molecule has 2 heterocycles. The Labute approximate surface area is 133 Å². The fourth-order valence-electron chi connectivity index (χ4n) is 4.00. The lowest BCUT2D eigenvalue weighted by atomic mass is 9.68. The number of rotatable bonds is 4. The van der Waals surface area contributed by atoms with E-state index in [1.54, 1.807) is 0 Å². The molecule has 1 N–H and O–H groups in total. The van der Waals surface area contributed by atoms with E-state index in [9.17, 15) is 0 Å². The van der Waals surface area contributed by atoms with Crippen LogP contribution in [0.5, 0.6) is 0 Å². The largest absolute Gasteiger partial charge is 0.348 e. The Morgan fingerprint density at radius 2 is 1.95 bits per heavy atom. The van der Waals surface area contributed by atoms with Crippen LogP contribution >= 0.6 is 11.3 Å². The number of hydrogen-bond donors (Lipinski definition) is 1. The lowest BCUT2D eigenvalue weighted by Crippen LogP contribution is -2.41. The molecule has 1 atom stereocenters. The Morgan fingerprint density at radius 1 is 1.24 bits per heavy atom. The van der Waals surface area contributed by atoms with E-state index in [2.05, 4.69) is 35.2 Å². The first-order valence-corrected chi connectivity index (χ1v) is 9.48. The van der Waals surface area contributed by atoms with Crippen LogP contribution in [0.4, 0.5) is 5.13 Å². The third-order valence-corrected chi connectivity index (χ3v) is 6.70. The molecule has 4 heteroatoms. The summed E-state index contributed by atoms with van der Waals surface area (Å²) in [7, 11) is 0. The quantitative estimate of drug-likeness (QED) is 0.895. The second kappa shape index (κ2) is 6.66. The first kappa shape index (κ1) is 15.3. The van der Waals surface area contributed by atoms with Crippen molar-refractivity contribution < 1.29 is 0 Å². The van der Waals surface area contributed by atoms with E-state index in [0.717, 1.165) is 6.54 Å². The van der Waals surface area contributed by atoms with Gasteiger partial charge in [-0.25, -0.2) is 4.98 Å². The van der Waals surface area contributed by atoms with Gasteiger partial charge in [0, 0.05) is 30.2 Å². The maximum atomic E-state index is 4.68. The van der Waals surface area contributed by atoms with Gasteiger partial charge in [-0.3, -0.25) is 0 Å². The third-order valence-electron chi connectivity index (χ3n) is 5.46. The molecule has 1 spiro atoms.